The summed E-state index contributed by atoms with van der Waals surface area (Å²) in [6.07, 6.45) is -3.44. The van der Waals surface area contributed by atoms with Crippen molar-refractivity contribution in [2.45, 2.75) is 24.5 Å². The highest BCUT2D eigenvalue weighted by Crippen LogP contribution is 2.28. The summed E-state index contributed by atoms with van der Waals surface area (Å²) in [7, 11) is 0. The van der Waals surface area contributed by atoms with E-state index in [-0.39, 0.29) is 5.88 Å². The molecule has 2 heterocycles. The summed E-state index contributed by atoms with van der Waals surface area (Å²) >= 11 is 0. The molecular weight excluding hydrogens is 246 g/mol. The smallest absolute Gasteiger partial charge is 0.353 e. The van der Waals surface area contributed by atoms with E-state index in [1.807, 2.05) is 0 Å². The van der Waals surface area contributed by atoms with Crippen LogP contribution in [0.3, 0.4) is 0 Å². The van der Waals surface area contributed by atoms with E-state index >= 15 is 0 Å². The van der Waals surface area contributed by atoms with Gasteiger partial charge in [0.05, 0.1) is 6.61 Å². The van der Waals surface area contributed by atoms with Crippen molar-refractivity contribution in [3.05, 3.63) is 22.7 Å². The SMILES string of the molecule is NOc1ccn([C@@H]2O[C@H](CO)[C@H](O)C2O)c(=O)n1. The van der Waals surface area contributed by atoms with Crippen LogP contribution in [0.2, 0.25) is 0 Å². The molecule has 0 aliphatic carbocycles. The first-order valence-corrected chi connectivity index (χ1v) is 5.17. The second kappa shape index (κ2) is 5.00. The molecule has 1 unspecified atom stereocenters. The number of nitrogens with two attached hydrogens (primary N) is 1. The monoisotopic (exact) mass is 259 g/mol. The van der Waals surface area contributed by atoms with Crippen molar-refractivity contribution in [3.8, 4) is 5.88 Å². The zero-order chi connectivity index (χ0) is 13.3. The van der Waals surface area contributed by atoms with E-state index in [2.05, 4.69) is 9.82 Å². The molecule has 1 aromatic heterocycles. The molecular formula is C9H13N3O6. The molecule has 4 atom stereocenters. The van der Waals surface area contributed by atoms with Crippen LogP contribution >= 0.6 is 0 Å². The molecule has 1 aliphatic rings. The molecule has 1 fully saturated rings. The van der Waals surface area contributed by atoms with Gasteiger partial charge in [0.2, 0.25) is 5.88 Å². The Kier molecular flexibility index (Phi) is 3.59. The predicted molar refractivity (Wildman–Crippen MR) is 56.3 cm³/mol. The Bertz CT molecular complexity index is 478. The normalized spacial score (nSPS) is 31.6. The van der Waals surface area contributed by atoms with Gasteiger partial charge in [-0.3, -0.25) is 4.57 Å². The topological polar surface area (TPSA) is 140 Å². The maximum atomic E-state index is 11.6. The van der Waals surface area contributed by atoms with E-state index in [1.54, 1.807) is 0 Å². The second-order valence-corrected chi connectivity index (χ2v) is 3.80. The lowest BCUT2D eigenvalue weighted by molar-refractivity contribution is -0.0551. The zero-order valence-electron chi connectivity index (χ0n) is 9.21. The summed E-state index contributed by atoms with van der Waals surface area (Å²) in [5.41, 5.74) is -0.757. The second-order valence-electron chi connectivity index (χ2n) is 3.80. The molecule has 2 rings (SSSR count). The maximum Gasteiger partial charge on any atom is 0.353 e. The molecule has 0 aromatic carbocycles. The first kappa shape index (κ1) is 12.9. The lowest BCUT2D eigenvalue weighted by Crippen LogP contribution is -2.36. The van der Waals surface area contributed by atoms with Crippen molar-refractivity contribution in [1.82, 2.24) is 9.55 Å². The fourth-order valence-electron chi connectivity index (χ4n) is 1.77. The quantitative estimate of drug-likeness (QED) is 0.424. The van der Waals surface area contributed by atoms with Gasteiger partial charge in [-0.2, -0.15) is 10.9 Å². The molecule has 100 valence electrons. The Labute approximate surface area is 101 Å². The van der Waals surface area contributed by atoms with Crippen molar-refractivity contribution in [2.75, 3.05) is 6.61 Å². The van der Waals surface area contributed by atoms with E-state index in [0.29, 0.717) is 0 Å². The fourth-order valence-corrected chi connectivity index (χ4v) is 1.77. The molecule has 0 amide bonds. The Balaban J connectivity index is 2.30. The summed E-state index contributed by atoms with van der Waals surface area (Å²) in [4.78, 5) is 19.4. The van der Waals surface area contributed by atoms with Crippen LogP contribution in [0.25, 0.3) is 0 Å². The molecule has 18 heavy (non-hydrogen) atoms. The van der Waals surface area contributed by atoms with Crippen molar-refractivity contribution in [1.29, 1.82) is 0 Å². The number of aromatic nitrogens is 2. The summed E-state index contributed by atoms with van der Waals surface area (Å²) in [6.45, 7) is -0.471. The van der Waals surface area contributed by atoms with E-state index in [9.17, 15) is 15.0 Å². The number of nitrogens with zero attached hydrogens (tertiary/aromatic N) is 2. The Morgan fingerprint density at radius 2 is 2.22 bits per heavy atom. The maximum absolute atomic E-state index is 11.6. The van der Waals surface area contributed by atoms with Gasteiger partial charge in [-0.15, -0.1) is 0 Å². The number of hydrogen-bond donors (Lipinski definition) is 4. The highest BCUT2D eigenvalue weighted by Gasteiger charge is 2.43. The van der Waals surface area contributed by atoms with Crippen molar-refractivity contribution in [3.63, 3.8) is 0 Å². The average molecular weight is 259 g/mol. The standard InChI is InChI=1S/C9H13N3O6/c10-18-5-1-2-12(9(16)11-5)8-7(15)6(14)4(3-13)17-8/h1-2,4,6-8,13-15H,3,10H2/t4-,6+,7?,8-/m1/s1. The molecule has 5 N–H and O–H groups in total. The third kappa shape index (κ3) is 2.09. The molecule has 0 spiro atoms. The Morgan fingerprint density at radius 3 is 2.72 bits per heavy atom. The molecule has 0 saturated carbocycles. The molecule has 9 nitrogen and oxygen atoms in total. The fraction of sp³-hybridized carbons (Fsp3) is 0.556. The lowest BCUT2D eigenvalue weighted by atomic mass is 10.1. The van der Waals surface area contributed by atoms with Gasteiger partial charge in [-0.05, 0) is 0 Å². The Hall–Kier alpha value is -1.52. The molecule has 0 bridgehead atoms. The van der Waals surface area contributed by atoms with Crippen LogP contribution < -0.4 is 16.4 Å². The first-order valence-electron chi connectivity index (χ1n) is 5.17. The van der Waals surface area contributed by atoms with Crippen LogP contribution in [0, 0.1) is 0 Å². The van der Waals surface area contributed by atoms with Crippen LogP contribution in [0.5, 0.6) is 5.88 Å². The molecule has 1 saturated heterocycles. The van der Waals surface area contributed by atoms with Gasteiger partial charge in [0.1, 0.15) is 18.3 Å². The van der Waals surface area contributed by atoms with Crippen LogP contribution in [-0.2, 0) is 4.74 Å². The molecule has 0 radical (unpaired) electrons. The van der Waals surface area contributed by atoms with E-state index in [4.69, 9.17) is 15.7 Å². The zero-order valence-corrected chi connectivity index (χ0v) is 9.21. The van der Waals surface area contributed by atoms with Crippen molar-refractivity contribution >= 4 is 0 Å². The Morgan fingerprint density at radius 1 is 1.50 bits per heavy atom. The van der Waals surface area contributed by atoms with Crippen LogP contribution in [0.1, 0.15) is 6.23 Å². The van der Waals surface area contributed by atoms with Gasteiger partial charge < -0.3 is 24.9 Å². The van der Waals surface area contributed by atoms with Gasteiger partial charge in [0.25, 0.3) is 0 Å². The van der Waals surface area contributed by atoms with Gasteiger partial charge in [-0.25, -0.2) is 4.79 Å². The van der Waals surface area contributed by atoms with E-state index in [0.717, 1.165) is 4.57 Å². The number of ether oxygens (including phenoxy) is 1. The summed E-state index contributed by atoms with van der Waals surface area (Å²) < 4.78 is 6.15. The minimum Gasteiger partial charge on any atom is -0.394 e. The molecule has 1 aliphatic heterocycles. The van der Waals surface area contributed by atoms with Crippen molar-refractivity contribution in [2.24, 2.45) is 5.90 Å². The van der Waals surface area contributed by atoms with Gasteiger partial charge >= 0.3 is 5.69 Å². The van der Waals surface area contributed by atoms with Gasteiger partial charge in [0, 0.05) is 12.3 Å². The third-order valence-electron chi connectivity index (χ3n) is 2.72. The summed E-state index contributed by atoms with van der Waals surface area (Å²) in [5.74, 6) is 4.77. The minimum absolute atomic E-state index is 0.0806. The number of aliphatic hydroxyl groups is 3. The largest absolute Gasteiger partial charge is 0.394 e. The van der Waals surface area contributed by atoms with Gasteiger partial charge in [0.15, 0.2) is 6.23 Å². The van der Waals surface area contributed by atoms with E-state index < -0.39 is 36.8 Å². The summed E-state index contributed by atoms with van der Waals surface area (Å²) in [5, 5.41) is 28.2. The van der Waals surface area contributed by atoms with E-state index in [1.165, 1.54) is 12.3 Å². The van der Waals surface area contributed by atoms with Crippen LogP contribution in [0.15, 0.2) is 17.1 Å². The lowest BCUT2D eigenvalue weighted by Gasteiger charge is -2.16. The first-order chi connectivity index (χ1) is 8.58. The van der Waals surface area contributed by atoms with Crippen molar-refractivity contribution < 1.29 is 24.9 Å². The highest BCUT2D eigenvalue weighted by atomic mass is 16.6. The molecule has 9 heteroatoms. The van der Waals surface area contributed by atoms with Gasteiger partial charge in [-0.1, -0.05) is 0 Å². The van der Waals surface area contributed by atoms with Crippen LogP contribution in [-0.4, -0.2) is 49.8 Å². The average Bonchev–Trinajstić information content (AvgIpc) is 2.66. The number of aliphatic hydroxyl groups excluding tert-OH is 3. The number of hydrogen-bond acceptors (Lipinski definition) is 8. The minimum atomic E-state index is -1.34. The third-order valence-corrected chi connectivity index (χ3v) is 2.72. The van der Waals surface area contributed by atoms with Crippen LogP contribution in [0.4, 0.5) is 0 Å². The predicted octanol–water partition coefficient (Wildman–Crippen LogP) is -2.89. The molecule has 1 aromatic rings. The summed E-state index contributed by atoms with van der Waals surface area (Å²) in [6, 6.07) is 1.30. The highest BCUT2D eigenvalue weighted by molar-refractivity contribution is 5.06. The number of rotatable bonds is 3.